The predicted molar refractivity (Wildman–Crippen MR) is 102 cm³/mol. The lowest BCUT2D eigenvalue weighted by Crippen LogP contribution is -2.17. The van der Waals surface area contributed by atoms with E-state index in [4.69, 9.17) is 0 Å². The van der Waals surface area contributed by atoms with Crippen LogP contribution in [0.4, 0.5) is 0 Å². The van der Waals surface area contributed by atoms with E-state index in [1.165, 1.54) is 20.9 Å². The molecule has 0 bridgehead atoms. The van der Waals surface area contributed by atoms with Crippen molar-refractivity contribution in [2.45, 2.75) is 23.6 Å². The van der Waals surface area contributed by atoms with E-state index in [0.29, 0.717) is 5.75 Å². The maximum Gasteiger partial charge on any atom is 0.212 e. The quantitative estimate of drug-likeness (QED) is 0.462. The summed E-state index contributed by atoms with van der Waals surface area (Å²) in [6.45, 7) is 4.17. The first-order valence-electron chi connectivity index (χ1n) is 8.06. The molecule has 0 amide bonds. The van der Waals surface area contributed by atoms with Crippen molar-refractivity contribution in [1.29, 1.82) is 0 Å². The third-order valence-corrected chi connectivity index (χ3v) is 6.22. The van der Waals surface area contributed by atoms with E-state index < -0.39 is 0 Å². The molecular formula is C22H21OS+. The van der Waals surface area contributed by atoms with Crippen LogP contribution in [0.1, 0.15) is 21.5 Å². The van der Waals surface area contributed by atoms with E-state index in [0.717, 1.165) is 5.56 Å². The number of carbonyl (C=O) groups is 1. The van der Waals surface area contributed by atoms with Crippen LogP contribution in [0.15, 0.2) is 88.7 Å². The van der Waals surface area contributed by atoms with Gasteiger partial charge in [0.1, 0.15) is 0 Å². The minimum atomic E-state index is -0.248. The molecule has 0 N–H and O–H groups in total. The summed E-state index contributed by atoms with van der Waals surface area (Å²) in [4.78, 5) is 15.2. The maximum absolute atomic E-state index is 12.7. The number of ketones is 1. The van der Waals surface area contributed by atoms with E-state index in [-0.39, 0.29) is 16.7 Å². The van der Waals surface area contributed by atoms with Gasteiger partial charge in [-0.1, -0.05) is 65.7 Å². The Kier molecular flexibility index (Phi) is 5.17. The molecule has 0 atom stereocenters. The molecule has 0 radical (unpaired) electrons. The van der Waals surface area contributed by atoms with Crippen LogP contribution in [-0.2, 0) is 10.9 Å². The fourth-order valence-corrected chi connectivity index (χ4v) is 4.51. The van der Waals surface area contributed by atoms with Crippen molar-refractivity contribution in [2.24, 2.45) is 0 Å². The molecule has 0 saturated carbocycles. The third-order valence-electron chi connectivity index (χ3n) is 3.98. The van der Waals surface area contributed by atoms with Crippen LogP contribution in [-0.4, -0.2) is 11.5 Å². The molecule has 3 aromatic carbocycles. The standard InChI is InChI=1S/C22H21OS/c1-17-8-12-20(13-9-17)24(21-14-10-18(2)11-15-21)16-22(23)19-6-4-3-5-7-19/h3-15H,16H2,1-2H3/q+1. The summed E-state index contributed by atoms with van der Waals surface area (Å²) >= 11 is 0. The van der Waals surface area contributed by atoms with Crippen LogP contribution in [0.2, 0.25) is 0 Å². The highest BCUT2D eigenvalue weighted by Crippen LogP contribution is 2.25. The molecule has 2 heteroatoms. The highest BCUT2D eigenvalue weighted by molar-refractivity contribution is 7.97. The number of carbonyl (C=O) groups excluding carboxylic acids is 1. The Balaban J connectivity index is 1.94. The van der Waals surface area contributed by atoms with E-state index in [1.54, 1.807) is 0 Å². The molecular weight excluding hydrogens is 312 g/mol. The van der Waals surface area contributed by atoms with Gasteiger partial charge in [0, 0.05) is 5.56 Å². The molecule has 0 saturated heterocycles. The molecule has 120 valence electrons. The van der Waals surface area contributed by atoms with Crippen LogP contribution in [0.5, 0.6) is 0 Å². The zero-order chi connectivity index (χ0) is 16.9. The number of rotatable bonds is 5. The van der Waals surface area contributed by atoms with Crippen LogP contribution in [0, 0.1) is 13.8 Å². The first-order valence-corrected chi connectivity index (χ1v) is 9.45. The second-order valence-electron chi connectivity index (χ2n) is 5.95. The topological polar surface area (TPSA) is 17.1 Å². The van der Waals surface area contributed by atoms with Crippen LogP contribution in [0.3, 0.4) is 0 Å². The summed E-state index contributed by atoms with van der Waals surface area (Å²) in [7, 11) is -0.248. The molecule has 24 heavy (non-hydrogen) atoms. The molecule has 0 heterocycles. The fourth-order valence-electron chi connectivity index (χ4n) is 2.55. The molecule has 1 nitrogen and oxygen atoms in total. The van der Waals surface area contributed by atoms with Gasteiger partial charge in [-0.25, -0.2) is 0 Å². The van der Waals surface area contributed by atoms with Gasteiger partial charge < -0.3 is 0 Å². The maximum atomic E-state index is 12.7. The number of hydrogen-bond donors (Lipinski definition) is 0. The van der Waals surface area contributed by atoms with Crippen LogP contribution >= 0.6 is 0 Å². The average Bonchev–Trinajstić information content (AvgIpc) is 2.62. The molecule has 3 aromatic rings. The summed E-state index contributed by atoms with van der Waals surface area (Å²) in [5.74, 6) is 0.705. The van der Waals surface area contributed by atoms with Crippen molar-refractivity contribution in [3.63, 3.8) is 0 Å². The highest BCUT2D eigenvalue weighted by atomic mass is 32.2. The largest absolute Gasteiger partial charge is 0.289 e. The Labute approximate surface area is 146 Å². The molecule has 0 unspecified atom stereocenters. The molecule has 0 fully saturated rings. The van der Waals surface area contributed by atoms with Gasteiger partial charge in [0.2, 0.25) is 5.78 Å². The Morgan fingerprint density at radius 3 is 1.62 bits per heavy atom. The third kappa shape index (κ3) is 3.95. The fraction of sp³-hybridized carbons (Fsp3) is 0.136. The lowest BCUT2D eigenvalue weighted by atomic mass is 10.2. The van der Waals surface area contributed by atoms with Gasteiger partial charge >= 0.3 is 0 Å². The Hall–Kier alpha value is -2.32. The Morgan fingerprint density at radius 2 is 1.17 bits per heavy atom. The lowest BCUT2D eigenvalue weighted by molar-refractivity contribution is 0.102. The summed E-state index contributed by atoms with van der Waals surface area (Å²) in [5, 5.41) is 0. The number of hydrogen-bond acceptors (Lipinski definition) is 1. The van der Waals surface area contributed by atoms with Crippen molar-refractivity contribution < 1.29 is 4.79 Å². The van der Waals surface area contributed by atoms with Gasteiger partial charge in [0.05, 0.1) is 10.9 Å². The normalized spacial score (nSPS) is 10.8. The first-order chi connectivity index (χ1) is 11.6. The van der Waals surface area contributed by atoms with Gasteiger partial charge in [-0.05, 0) is 38.1 Å². The van der Waals surface area contributed by atoms with Gasteiger partial charge in [-0.15, -0.1) is 0 Å². The molecule has 0 spiro atoms. The van der Waals surface area contributed by atoms with Crippen LogP contribution < -0.4 is 0 Å². The van der Waals surface area contributed by atoms with Crippen molar-refractivity contribution in [3.8, 4) is 0 Å². The minimum Gasteiger partial charge on any atom is -0.289 e. The Morgan fingerprint density at radius 1 is 0.708 bits per heavy atom. The average molecular weight is 333 g/mol. The zero-order valence-corrected chi connectivity index (χ0v) is 14.8. The summed E-state index contributed by atoms with van der Waals surface area (Å²) in [6.07, 6.45) is 0. The monoisotopic (exact) mass is 333 g/mol. The lowest BCUT2D eigenvalue weighted by Gasteiger charge is -2.09. The van der Waals surface area contributed by atoms with E-state index >= 15 is 0 Å². The number of benzene rings is 3. The smallest absolute Gasteiger partial charge is 0.212 e. The second kappa shape index (κ2) is 7.50. The van der Waals surface area contributed by atoms with Gasteiger partial charge in [0.15, 0.2) is 15.5 Å². The van der Waals surface area contributed by atoms with Crippen molar-refractivity contribution >= 4 is 16.7 Å². The molecule has 3 rings (SSSR count). The van der Waals surface area contributed by atoms with Crippen molar-refractivity contribution in [1.82, 2.24) is 0 Å². The van der Waals surface area contributed by atoms with E-state index in [9.17, 15) is 4.79 Å². The SMILES string of the molecule is Cc1ccc([S+](CC(=O)c2ccccc2)c2ccc(C)cc2)cc1. The van der Waals surface area contributed by atoms with Crippen molar-refractivity contribution in [3.05, 3.63) is 95.6 Å². The molecule has 0 aliphatic carbocycles. The zero-order valence-electron chi connectivity index (χ0n) is 14.0. The Bertz CT molecular complexity index is 759. The van der Waals surface area contributed by atoms with Crippen molar-refractivity contribution in [2.75, 3.05) is 5.75 Å². The molecule has 0 aromatic heterocycles. The summed E-state index contributed by atoms with van der Waals surface area (Å²) in [6, 6.07) is 26.7. The van der Waals surface area contributed by atoms with Gasteiger partial charge in [-0.2, -0.15) is 0 Å². The molecule has 0 aliphatic heterocycles. The second-order valence-corrected chi connectivity index (χ2v) is 7.96. The first kappa shape index (κ1) is 16.5. The predicted octanol–water partition coefficient (Wildman–Crippen LogP) is 5.22. The van der Waals surface area contributed by atoms with E-state index in [1.807, 2.05) is 30.3 Å². The van der Waals surface area contributed by atoms with E-state index in [2.05, 4.69) is 62.4 Å². The molecule has 0 aliphatic rings. The highest BCUT2D eigenvalue weighted by Gasteiger charge is 2.29. The summed E-state index contributed by atoms with van der Waals surface area (Å²) in [5.41, 5.74) is 3.26. The minimum absolute atomic E-state index is 0.195. The summed E-state index contributed by atoms with van der Waals surface area (Å²) < 4.78 is 0. The van der Waals surface area contributed by atoms with Gasteiger partial charge in [0.25, 0.3) is 0 Å². The van der Waals surface area contributed by atoms with Gasteiger partial charge in [-0.3, -0.25) is 4.79 Å². The number of Topliss-reactive ketones (excluding diaryl/α,β-unsaturated/α-hetero) is 1. The van der Waals surface area contributed by atoms with Crippen LogP contribution in [0.25, 0.3) is 0 Å². The number of aryl methyl sites for hydroxylation is 2.